The molecule has 1 aliphatic heterocycles. The van der Waals surface area contributed by atoms with E-state index in [2.05, 4.69) is 11.7 Å². The van der Waals surface area contributed by atoms with E-state index in [0.717, 1.165) is 13.1 Å². The summed E-state index contributed by atoms with van der Waals surface area (Å²) in [6.45, 7) is 2.25. The minimum absolute atomic E-state index is 1.12. The van der Waals surface area contributed by atoms with Crippen LogP contribution >= 0.6 is 0 Å². The van der Waals surface area contributed by atoms with Crippen LogP contribution in [0.15, 0.2) is 0 Å². The van der Waals surface area contributed by atoms with Crippen molar-refractivity contribution < 1.29 is 0 Å². The molecule has 1 nitrogen and oxygen atoms in total. The summed E-state index contributed by atoms with van der Waals surface area (Å²) < 4.78 is 0. The average molecular weight is 111 g/mol. The minimum atomic E-state index is 1.12. The molecule has 0 N–H and O–H groups in total. The van der Waals surface area contributed by atoms with E-state index in [1.807, 2.05) is 0 Å². The van der Waals surface area contributed by atoms with Crippen molar-refractivity contribution in [3.63, 3.8) is 0 Å². The molecule has 0 aromatic rings. The lowest BCUT2D eigenvalue weighted by atomic mass is 10.4. The van der Waals surface area contributed by atoms with Crippen molar-refractivity contribution in [2.45, 2.75) is 25.7 Å². The molecule has 2 rings (SSSR count). The maximum absolute atomic E-state index is 4.08. The highest BCUT2D eigenvalue weighted by Crippen LogP contribution is 2.12. The number of hydrogen-bond donors (Lipinski definition) is 0. The third-order valence-corrected chi connectivity index (χ3v) is 1.17. The Morgan fingerprint density at radius 1 is 1.00 bits per heavy atom. The second-order valence-electron chi connectivity index (χ2n) is 2.24. The van der Waals surface area contributed by atoms with Crippen molar-refractivity contribution in [3.8, 4) is 0 Å². The molecule has 2 aliphatic rings. The zero-order valence-electron chi connectivity index (χ0n) is 5.27. The van der Waals surface area contributed by atoms with Crippen LogP contribution in [0.3, 0.4) is 0 Å². The summed E-state index contributed by atoms with van der Waals surface area (Å²) in [5, 5.41) is 4.08. The molecule has 1 heterocycles. The van der Waals surface area contributed by atoms with E-state index in [4.69, 9.17) is 0 Å². The summed E-state index contributed by atoms with van der Waals surface area (Å²) in [5.41, 5.74) is 0. The lowest BCUT2D eigenvalue weighted by Crippen LogP contribution is -1.92. The second kappa shape index (κ2) is 3.90. The third-order valence-electron chi connectivity index (χ3n) is 1.17. The topological polar surface area (TPSA) is 14.1 Å². The largest absolute Gasteiger partial charge is 0.242 e. The Labute approximate surface area is 51.5 Å². The van der Waals surface area contributed by atoms with Gasteiger partial charge in [0.1, 0.15) is 0 Å². The third kappa shape index (κ3) is 4.13. The Morgan fingerprint density at radius 2 is 1.50 bits per heavy atom. The van der Waals surface area contributed by atoms with Crippen molar-refractivity contribution in [1.29, 1.82) is 0 Å². The van der Waals surface area contributed by atoms with E-state index >= 15 is 0 Å². The van der Waals surface area contributed by atoms with Gasteiger partial charge in [-0.05, 0) is 32.1 Å². The van der Waals surface area contributed by atoms with E-state index in [1.54, 1.807) is 0 Å². The van der Waals surface area contributed by atoms with Gasteiger partial charge in [-0.3, -0.25) is 0 Å². The standard InChI is InChI=1S/C4H8N.C3H5/c1-2-4-5-3-1;1-2-3-1/h1-4H2;1H,2-3H2. The molecule has 46 valence electrons. The first-order chi connectivity index (χ1) is 4.00. The predicted octanol–water partition coefficient (Wildman–Crippen LogP) is 1.37. The van der Waals surface area contributed by atoms with Gasteiger partial charge in [-0.15, -0.1) is 0 Å². The van der Waals surface area contributed by atoms with E-state index in [-0.39, 0.29) is 0 Å². The van der Waals surface area contributed by atoms with Gasteiger partial charge in [-0.1, -0.05) is 0 Å². The van der Waals surface area contributed by atoms with E-state index in [0.29, 0.717) is 0 Å². The smallest absolute Gasteiger partial charge is 0.0133 e. The van der Waals surface area contributed by atoms with Gasteiger partial charge in [0, 0.05) is 13.1 Å². The van der Waals surface area contributed by atoms with Gasteiger partial charge in [-0.2, -0.15) is 0 Å². The SMILES string of the molecule is C1CC[N]C1.[CH]1CC1. The molecule has 1 saturated carbocycles. The van der Waals surface area contributed by atoms with Crippen LogP contribution in [0.5, 0.6) is 0 Å². The molecule has 0 spiro atoms. The van der Waals surface area contributed by atoms with Crippen molar-refractivity contribution in [2.75, 3.05) is 13.1 Å². The molecule has 0 unspecified atom stereocenters. The zero-order valence-corrected chi connectivity index (χ0v) is 5.27. The molecule has 0 amide bonds. The first-order valence-corrected chi connectivity index (χ1v) is 3.45. The van der Waals surface area contributed by atoms with Gasteiger partial charge in [0.05, 0.1) is 0 Å². The highest BCUT2D eigenvalue weighted by atomic mass is 14.9. The molecule has 2 fully saturated rings. The Hall–Kier alpha value is -0.0400. The molecule has 0 bridgehead atoms. The van der Waals surface area contributed by atoms with Gasteiger partial charge < -0.3 is 0 Å². The first-order valence-electron chi connectivity index (χ1n) is 3.45. The second-order valence-corrected chi connectivity index (χ2v) is 2.24. The Kier molecular flexibility index (Phi) is 2.97. The molecule has 8 heavy (non-hydrogen) atoms. The Bertz CT molecular complexity index is 36.0. The maximum atomic E-state index is 4.08. The molecule has 2 radical (unpaired) electrons. The lowest BCUT2D eigenvalue weighted by Gasteiger charge is -1.72. The predicted molar refractivity (Wildman–Crippen MR) is 34.6 cm³/mol. The molecule has 0 atom stereocenters. The fourth-order valence-electron chi connectivity index (χ4n) is 0.559. The van der Waals surface area contributed by atoms with E-state index in [9.17, 15) is 0 Å². The molecular formula is C7H13N. The molecule has 0 aromatic carbocycles. The maximum Gasteiger partial charge on any atom is 0.0133 e. The quantitative estimate of drug-likeness (QED) is 0.448. The van der Waals surface area contributed by atoms with Crippen LogP contribution in [0.1, 0.15) is 25.7 Å². The lowest BCUT2D eigenvalue weighted by molar-refractivity contribution is 0.837. The Balaban J connectivity index is 0.0000000907. The van der Waals surface area contributed by atoms with Crippen molar-refractivity contribution in [2.24, 2.45) is 0 Å². The highest BCUT2D eigenvalue weighted by molar-refractivity contribution is 4.79. The summed E-state index contributed by atoms with van der Waals surface area (Å²) in [5.74, 6) is 0. The van der Waals surface area contributed by atoms with Gasteiger partial charge in [0.15, 0.2) is 0 Å². The zero-order chi connectivity index (χ0) is 5.66. The minimum Gasteiger partial charge on any atom is -0.242 e. The fourth-order valence-corrected chi connectivity index (χ4v) is 0.559. The van der Waals surface area contributed by atoms with E-state index < -0.39 is 0 Å². The number of hydrogen-bond acceptors (Lipinski definition) is 0. The molecular weight excluding hydrogens is 98.1 g/mol. The molecule has 1 aliphatic carbocycles. The molecule has 1 heteroatoms. The van der Waals surface area contributed by atoms with E-state index in [1.165, 1.54) is 25.7 Å². The average Bonchev–Trinajstić information content (AvgIpc) is 2.55. The van der Waals surface area contributed by atoms with Crippen LogP contribution in [-0.4, -0.2) is 13.1 Å². The van der Waals surface area contributed by atoms with Crippen LogP contribution in [0.2, 0.25) is 0 Å². The summed E-state index contributed by atoms with van der Waals surface area (Å²) in [7, 11) is 0. The van der Waals surface area contributed by atoms with Gasteiger partial charge in [0.25, 0.3) is 0 Å². The van der Waals surface area contributed by atoms with Crippen molar-refractivity contribution in [3.05, 3.63) is 6.42 Å². The summed E-state index contributed by atoms with van der Waals surface area (Å²) >= 11 is 0. The van der Waals surface area contributed by atoms with Crippen molar-refractivity contribution in [1.82, 2.24) is 5.32 Å². The van der Waals surface area contributed by atoms with Gasteiger partial charge in [0.2, 0.25) is 0 Å². The van der Waals surface area contributed by atoms with Gasteiger partial charge in [-0.25, -0.2) is 5.32 Å². The molecule has 1 saturated heterocycles. The van der Waals surface area contributed by atoms with Crippen LogP contribution in [0, 0.1) is 6.42 Å². The van der Waals surface area contributed by atoms with Gasteiger partial charge >= 0.3 is 0 Å². The van der Waals surface area contributed by atoms with Crippen LogP contribution in [0.25, 0.3) is 0 Å². The summed E-state index contributed by atoms with van der Waals surface area (Å²) in [4.78, 5) is 0. The number of rotatable bonds is 0. The number of nitrogens with zero attached hydrogens (tertiary/aromatic N) is 1. The van der Waals surface area contributed by atoms with Crippen molar-refractivity contribution >= 4 is 0 Å². The Morgan fingerprint density at radius 3 is 1.62 bits per heavy atom. The van der Waals surface area contributed by atoms with Crippen LogP contribution in [0.4, 0.5) is 0 Å². The normalized spacial score (nSPS) is 24.0. The molecule has 0 aromatic heterocycles. The van der Waals surface area contributed by atoms with Crippen LogP contribution in [-0.2, 0) is 0 Å². The fraction of sp³-hybridized carbons (Fsp3) is 0.857. The first kappa shape index (κ1) is 6.09. The summed E-state index contributed by atoms with van der Waals surface area (Å²) in [6, 6.07) is 0. The van der Waals surface area contributed by atoms with Crippen LogP contribution < -0.4 is 5.32 Å². The summed E-state index contributed by atoms with van der Waals surface area (Å²) in [6.07, 6.45) is 7.67. The monoisotopic (exact) mass is 111 g/mol. The highest BCUT2D eigenvalue weighted by Gasteiger charge is 1.96.